The van der Waals surface area contributed by atoms with Crippen LogP contribution in [-0.4, -0.2) is 0 Å². The summed E-state index contributed by atoms with van der Waals surface area (Å²) in [5.74, 6) is -2.13. The first-order valence-electron chi connectivity index (χ1n) is 5.65. The Bertz CT molecular complexity index is 587. The molecule has 19 heavy (non-hydrogen) atoms. The van der Waals surface area contributed by atoms with Gasteiger partial charge in [-0.15, -0.1) is 0 Å². The maximum Gasteiger partial charge on any atom is 0.159 e. The summed E-state index contributed by atoms with van der Waals surface area (Å²) < 4.78 is 38.7. The Morgan fingerprint density at radius 3 is 2.42 bits per heavy atom. The minimum absolute atomic E-state index is 0.337. The van der Waals surface area contributed by atoms with Gasteiger partial charge in [-0.2, -0.15) is 0 Å². The van der Waals surface area contributed by atoms with Crippen LogP contribution < -0.4 is 5.32 Å². The molecule has 0 aromatic heterocycles. The zero-order chi connectivity index (χ0) is 13.8. The van der Waals surface area contributed by atoms with Crippen LogP contribution >= 0.6 is 11.6 Å². The van der Waals surface area contributed by atoms with Gasteiger partial charge in [-0.1, -0.05) is 17.7 Å². The molecule has 5 heteroatoms. The summed E-state index contributed by atoms with van der Waals surface area (Å²) in [6.07, 6.45) is 0. The molecule has 1 nitrogen and oxygen atoms in total. The molecule has 0 radical (unpaired) electrons. The summed E-state index contributed by atoms with van der Waals surface area (Å²) in [5, 5.41) is 3.45. The van der Waals surface area contributed by atoms with Crippen molar-refractivity contribution in [2.75, 3.05) is 0 Å². The van der Waals surface area contributed by atoms with E-state index >= 15 is 0 Å². The van der Waals surface area contributed by atoms with Crippen LogP contribution in [0.15, 0.2) is 36.4 Å². The highest BCUT2D eigenvalue weighted by Gasteiger charge is 2.04. The molecule has 0 saturated heterocycles. The lowest BCUT2D eigenvalue weighted by Crippen LogP contribution is -2.13. The van der Waals surface area contributed by atoms with Crippen molar-refractivity contribution in [2.45, 2.75) is 13.1 Å². The molecule has 2 rings (SSSR count). The number of halogens is 4. The van der Waals surface area contributed by atoms with Crippen molar-refractivity contribution in [2.24, 2.45) is 0 Å². The predicted octanol–water partition coefficient (Wildman–Crippen LogP) is 4.05. The van der Waals surface area contributed by atoms with Gasteiger partial charge >= 0.3 is 0 Å². The van der Waals surface area contributed by atoms with Gasteiger partial charge in [0.2, 0.25) is 0 Å². The first kappa shape index (κ1) is 13.9. The molecule has 0 heterocycles. The molecular weight excluding hydrogens is 275 g/mol. The molecule has 0 saturated carbocycles. The van der Waals surface area contributed by atoms with Crippen LogP contribution in [0.1, 0.15) is 11.1 Å². The third-order valence-electron chi connectivity index (χ3n) is 2.64. The molecule has 0 aliphatic heterocycles. The zero-order valence-electron chi connectivity index (χ0n) is 9.89. The fraction of sp³-hybridized carbons (Fsp3) is 0.143. The number of nitrogens with one attached hydrogen (secondary N) is 1. The number of hydrogen-bond donors (Lipinski definition) is 1. The largest absolute Gasteiger partial charge is 0.309 e. The molecule has 0 amide bonds. The van der Waals surface area contributed by atoms with Crippen molar-refractivity contribution < 1.29 is 13.2 Å². The molecule has 1 N–H and O–H groups in total. The normalized spacial score (nSPS) is 10.7. The van der Waals surface area contributed by atoms with Crippen molar-refractivity contribution in [3.8, 4) is 0 Å². The average Bonchev–Trinajstić information content (AvgIpc) is 2.38. The predicted molar refractivity (Wildman–Crippen MR) is 68.3 cm³/mol. The van der Waals surface area contributed by atoms with Gasteiger partial charge < -0.3 is 5.32 Å². The van der Waals surface area contributed by atoms with Crippen LogP contribution in [0.5, 0.6) is 0 Å². The maximum absolute atomic E-state index is 13.0. The van der Waals surface area contributed by atoms with E-state index in [9.17, 15) is 13.2 Å². The smallest absolute Gasteiger partial charge is 0.159 e. The van der Waals surface area contributed by atoms with E-state index in [4.69, 9.17) is 11.6 Å². The van der Waals surface area contributed by atoms with E-state index in [0.717, 1.165) is 12.1 Å². The lowest BCUT2D eigenvalue weighted by molar-refractivity contribution is 0.506. The van der Waals surface area contributed by atoms with Crippen LogP contribution in [0, 0.1) is 17.5 Å². The van der Waals surface area contributed by atoms with Gasteiger partial charge in [0.25, 0.3) is 0 Å². The molecule has 0 unspecified atom stereocenters. The number of hydrogen-bond acceptors (Lipinski definition) is 1. The number of rotatable bonds is 4. The standard InChI is InChI=1S/C14H11ClF3N/c15-12-3-2-11(16)6-10(12)8-19-7-9-1-4-13(17)14(18)5-9/h1-6,19H,7-8H2. The second kappa shape index (κ2) is 6.08. The lowest BCUT2D eigenvalue weighted by atomic mass is 10.2. The van der Waals surface area contributed by atoms with Crippen molar-refractivity contribution in [1.29, 1.82) is 0 Å². The Morgan fingerprint density at radius 1 is 0.895 bits per heavy atom. The second-order valence-corrected chi connectivity index (χ2v) is 4.49. The highest BCUT2D eigenvalue weighted by atomic mass is 35.5. The fourth-order valence-corrected chi connectivity index (χ4v) is 1.85. The molecule has 2 aromatic rings. The van der Waals surface area contributed by atoms with E-state index in [2.05, 4.69) is 5.32 Å². The Morgan fingerprint density at radius 2 is 1.68 bits per heavy atom. The molecule has 100 valence electrons. The summed E-state index contributed by atoms with van der Waals surface area (Å²) in [6, 6.07) is 7.77. The molecule has 0 fully saturated rings. The van der Waals surface area contributed by atoms with Crippen LogP contribution in [0.2, 0.25) is 5.02 Å². The quantitative estimate of drug-likeness (QED) is 0.894. The van der Waals surface area contributed by atoms with Gasteiger partial charge in [0, 0.05) is 18.1 Å². The Balaban J connectivity index is 1.96. The van der Waals surface area contributed by atoms with Crippen molar-refractivity contribution in [3.63, 3.8) is 0 Å². The zero-order valence-corrected chi connectivity index (χ0v) is 10.6. The maximum atomic E-state index is 13.0. The van der Waals surface area contributed by atoms with Crippen molar-refractivity contribution in [1.82, 2.24) is 5.32 Å². The average molecular weight is 286 g/mol. The summed E-state index contributed by atoms with van der Waals surface area (Å²) >= 11 is 5.91. The van der Waals surface area contributed by atoms with Gasteiger partial charge in [0.1, 0.15) is 5.82 Å². The summed E-state index contributed by atoms with van der Waals surface area (Å²) in [5.41, 5.74) is 1.22. The Kier molecular flexibility index (Phi) is 4.45. The van der Waals surface area contributed by atoms with E-state index in [1.165, 1.54) is 24.3 Å². The summed E-state index contributed by atoms with van der Waals surface area (Å²) in [6.45, 7) is 0.680. The third kappa shape index (κ3) is 3.72. The van der Waals surface area contributed by atoms with E-state index in [0.29, 0.717) is 29.2 Å². The van der Waals surface area contributed by atoms with Gasteiger partial charge in [-0.25, -0.2) is 13.2 Å². The van der Waals surface area contributed by atoms with E-state index in [1.807, 2.05) is 0 Å². The SMILES string of the molecule is Fc1ccc(Cl)c(CNCc2ccc(F)c(F)c2)c1. The van der Waals surface area contributed by atoms with Gasteiger partial charge in [-0.05, 0) is 41.5 Å². The minimum atomic E-state index is -0.886. The molecule has 0 bridgehead atoms. The van der Waals surface area contributed by atoms with Crippen molar-refractivity contribution >= 4 is 11.6 Å². The Labute approximate surface area is 114 Å². The van der Waals surface area contributed by atoms with E-state index in [1.54, 1.807) is 0 Å². The summed E-state index contributed by atoms with van der Waals surface area (Å²) in [4.78, 5) is 0. The third-order valence-corrected chi connectivity index (χ3v) is 3.01. The van der Waals surface area contributed by atoms with Crippen LogP contribution in [0.25, 0.3) is 0 Å². The van der Waals surface area contributed by atoms with Crippen LogP contribution in [-0.2, 0) is 13.1 Å². The molecule has 0 atom stereocenters. The first-order chi connectivity index (χ1) is 9.06. The topological polar surface area (TPSA) is 12.0 Å². The number of benzene rings is 2. The molecule has 2 aromatic carbocycles. The van der Waals surface area contributed by atoms with Crippen LogP contribution in [0.4, 0.5) is 13.2 Å². The molecule has 0 spiro atoms. The first-order valence-corrected chi connectivity index (χ1v) is 6.02. The van der Waals surface area contributed by atoms with Gasteiger partial charge in [0.15, 0.2) is 11.6 Å². The lowest BCUT2D eigenvalue weighted by Gasteiger charge is -2.07. The highest BCUT2D eigenvalue weighted by Crippen LogP contribution is 2.17. The Hall–Kier alpha value is -1.52. The minimum Gasteiger partial charge on any atom is -0.309 e. The van der Waals surface area contributed by atoms with Crippen LogP contribution in [0.3, 0.4) is 0 Å². The summed E-state index contributed by atoms with van der Waals surface area (Å²) in [7, 11) is 0. The molecule has 0 aliphatic rings. The van der Waals surface area contributed by atoms with Gasteiger partial charge in [0.05, 0.1) is 0 Å². The monoisotopic (exact) mass is 285 g/mol. The van der Waals surface area contributed by atoms with E-state index < -0.39 is 11.6 Å². The van der Waals surface area contributed by atoms with E-state index in [-0.39, 0.29) is 5.82 Å². The van der Waals surface area contributed by atoms with Gasteiger partial charge in [-0.3, -0.25) is 0 Å². The second-order valence-electron chi connectivity index (χ2n) is 4.09. The van der Waals surface area contributed by atoms with Crippen molar-refractivity contribution in [3.05, 3.63) is 70.0 Å². The molecular formula is C14H11ClF3N. The fourth-order valence-electron chi connectivity index (χ4n) is 1.67. The highest BCUT2D eigenvalue weighted by molar-refractivity contribution is 6.31. The molecule has 0 aliphatic carbocycles.